The fourth-order valence-corrected chi connectivity index (χ4v) is 2.82. The lowest BCUT2D eigenvalue weighted by Crippen LogP contribution is -2.36. The molecule has 2 rings (SSSR count). The standard InChI is InChI=1S/C12H14Cl2N4OS/c1-3-6(2)16-9(19)5-15-10-7(13)4-8(14)11-12(10)18-20-17-11/h4,6,15H,3,5H2,1-2H3,(H,16,19). The van der Waals surface area contributed by atoms with E-state index in [1.165, 1.54) is 0 Å². The molecule has 0 radical (unpaired) electrons. The third-order valence-electron chi connectivity index (χ3n) is 2.89. The Kier molecular flexibility index (Phi) is 5.01. The highest BCUT2D eigenvalue weighted by Gasteiger charge is 2.15. The summed E-state index contributed by atoms with van der Waals surface area (Å²) < 4.78 is 8.27. The van der Waals surface area contributed by atoms with E-state index >= 15 is 0 Å². The summed E-state index contributed by atoms with van der Waals surface area (Å²) >= 11 is 13.2. The summed E-state index contributed by atoms with van der Waals surface area (Å²) in [5.74, 6) is -0.0956. The van der Waals surface area contributed by atoms with Crippen molar-refractivity contribution in [3.05, 3.63) is 16.1 Å². The number of anilines is 1. The van der Waals surface area contributed by atoms with Crippen molar-refractivity contribution in [1.82, 2.24) is 14.1 Å². The van der Waals surface area contributed by atoms with Crippen LogP contribution in [0.1, 0.15) is 20.3 Å². The minimum Gasteiger partial charge on any atom is -0.373 e. The third-order valence-corrected chi connectivity index (χ3v) is 4.00. The normalized spacial score (nSPS) is 12.4. The van der Waals surface area contributed by atoms with Crippen LogP contribution in [0.4, 0.5) is 5.69 Å². The monoisotopic (exact) mass is 332 g/mol. The number of aromatic nitrogens is 2. The SMILES string of the molecule is CCC(C)NC(=O)CNc1c(Cl)cc(Cl)c2nsnc12. The van der Waals surface area contributed by atoms with E-state index in [4.69, 9.17) is 23.2 Å². The Bertz CT molecular complexity index is 631. The smallest absolute Gasteiger partial charge is 0.239 e. The zero-order valence-corrected chi connectivity index (χ0v) is 13.4. The average molecular weight is 333 g/mol. The molecule has 0 fully saturated rings. The van der Waals surface area contributed by atoms with Gasteiger partial charge in [0.15, 0.2) is 0 Å². The zero-order chi connectivity index (χ0) is 14.7. The Morgan fingerprint density at radius 3 is 2.75 bits per heavy atom. The van der Waals surface area contributed by atoms with E-state index in [1.54, 1.807) is 6.07 Å². The summed E-state index contributed by atoms with van der Waals surface area (Å²) in [5, 5.41) is 6.74. The summed E-state index contributed by atoms with van der Waals surface area (Å²) in [6, 6.07) is 1.74. The highest BCUT2D eigenvalue weighted by molar-refractivity contribution is 7.00. The number of rotatable bonds is 5. The third kappa shape index (κ3) is 3.31. The van der Waals surface area contributed by atoms with Gasteiger partial charge >= 0.3 is 0 Å². The van der Waals surface area contributed by atoms with Gasteiger partial charge in [-0.25, -0.2) is 0 Å². The number of hydrogen-bond acceptors (Lipinski definition) is 5. The zero-order valence-electron chi connectivity index (χ0n) is 11.0. The van der Waals surface area contributed by atoms with Crippen molar-refractivity contribution in [2.24, 2.45) is 0 Å². The molecule has 20 heavy (non-hydrogen) atoms. The lowest BCUT2D eigenvalue weighted by atomic mass is 10.2. The van der Waals surface area contributed by atoms with Crippen LogP contribution in [0.25, 0.3) is 11.0 Å². The first-order chi connectivity index (χ1) is 9.52. The minimum atomic E-state index is -0.0956. The van der Waals surface area contributed by atoms with E-state index in [-0.39, 0.29) is 18.5 Å². The average Bonchev–Trinajstić information content (AvgIpc) is 2.87. The van der Waals surface area contributed by atoms with E-state index in [9.17, 15) is 4.79 Å². The summed E-state index contributed by atoms with van der Waals surface area (Å²) in [7, 11) is 0. The molecule has 1 aromatic carbocycles. The van der Waals surface area contributed by atoms with Crippen molar-refractivity contribution in [2.45, 2.75) is 26.3 Å². The molecule has 0 aliphatic rings. The maximum Gasteiger partial charge on any atom is 0.239 e. The largest absolute Gasteiger partial charge is 0.373 e. The number of amides is 1. The highest BCUT2D eigenvalue weighted by Crippen LogP contribution is 2.34. The van der Waals surface area contributed by atoms with Crippen LogP contribution in [0.15, 0.2) is 6.07 Å². The molecule has 1 atom stereocenters. The lowest BCUT2D eigenvalue weighted by Gasteiger charge is -2.13. The summed E-state index contributed by atoms with van der Waals surface area (Å²) in [6.07, 6.45) is 0.883. The summed E-state index contributed by atoms with van der Waals surface area (Å²) in [5.41, 5.74) is 1.76. The van der Waals surface area contributed by atoms with Crippen LogP contribution < -0.4 is 10.6 Å². The van der Waals surface area contributed by atoms with Crippen molar-refractivity contribution >= 4 is 57.6 Å². The van der Waals surface area contributed by atoms with Crippen LogP contribution in [-0.2, 0) is 4.79 Å². The van der Waals surface area contributed by atoms with Crippen LogP contribution >= 0.6 is 34.9 Å². The molecule has 1 aromatic heterocycles. The topological polar surface area (TPSA) is 66.9 Å². The van der Waals surface area contributed by atoms with E-state index in [0.717, 1.165) is 18.1 Å². The van der Waals surface area contributed by atoms with Crippen LogP contribution in [0.2, 0.25) is 10.0 Å². The Morgan fingerprint density at radius 2 is 2.05 bits per heavy atom. The molecular formula is C12H14Cl2N4OS. The number of nitrogens with zero attached hydrogens (tertiary/aromatic N) is 2. The van der Waals surface area contributed by atoms with E-state index in [0.29, 0.717) is 26.8 Å². The number of carbonyl (C=O) groups is 1. The molecular weight excluding hydrogens is 319 g/mol. The molecule has 0 aliphatic heterocycles. The second kappa shape index (κ2) is 6.56. The van der Waals surface area contributed by atoms with Gasteiger partial charge in [0.25, 0.3) is 0 Å². The van der Waals surface area contributed by atoms with Gasteiger partial charge in [0.2, 0.25) is 5.91 Å². The molecule has 8 heteroatoms. The second-order valence-corrected chi connectivity index (χ2v) is 5.75. The van der Waals surface area contributed by atoms with E-state index < -0.39 is 0 Å². The van der Waals surface area contributed by atoms with Gasteiger partial charge < -0.3 is 10.6 Å². The maximum absolute atomic E-state index is 11.8. The fourth-order valence-electron chi connectivity index (χ4n) is 1.64. The van der Waals surface area contributed by atoms with Gasteiger partial charge in [0.05, 0.1) is 34.0 Å². The maximum atomic E-state index is 11.8. The summed E-state index contributed by atoms with van der Waals surface area (Å²) in [4.78, 5) is 11.8. The molecule has 1 heterocycles. The van der Waals surface area contributed by atoms with Gasteiger partial charge in [-0.15, -0.1) is 0 Å². The van der Waals surface area contributed by atoms with Crippen molar-refractivity contribution in [3.63, 3.8) is 0 Å². The van der Waals surface area contributed by atoms with E-state index in [2.05, 4.69) is 19.4 Å². The molecule has 2 aromatic rings. The number of benzene rings is 1. The molecule has 0 bridgehead atoms. The van der Waals surface area contributed by atoms with Crippen LogP contribution in [-0.4, -0.2) is 27.2 Å². The number of fused-ring (bicyclic) bond motifs is 1. The van der Waals surface area contributed by atoms with Crippen molar-refractivity contribution in [1.29, 1.82) is 0 Å². The molecule has 0 saturated heterocycles. The summed E-state index contributed by atoms with van der Waals surface area (Å²) in [6.45, 7) is 4.09. The van der Waals surface area contributed by atoms with Crippen molar-refractivity contribution in [3.8, 4) is 0 Å². The molecule has 0 spiro atoms. The Morgan fingerprint density at radius 1 is 1.35 bits per heavy atom. The quantitative estimate of drug-likeness (QED) is 0.881. The van der Waals surface area contributed by atoms with Gasteiger partial charge in [0, 0.05) is 6.04 Å². The predicted molar refractivity (Wildman–Crippen MR) is 83.8 cm³/mol. The van der Waals surface area contributed by atoms with Crippen LogP contribution in [0, 0.1) is 0 Å². The molecule has 108 valence electrons. The van der Waals surface area contributed by atoms with Gasteiger partial charge in [-0.05, 0) is 19.4 Å². The molecule has 0 aliphatic carbocycles. The second-order valence-electron chi connectivity index (χ2n) is 4.41. The predicted octanol–water partition coefficient (Wildman–Crippen LogP) is 3.32. The lowest BCUT2D eigenvalue weighted by molar-refractivity contribution is -0.120. The van der Waals surface area contributed by atoms with Crippen LogP contribution in [0.5, 0.6) is 0 Å². The first-order valence-electron chi connectivity index (χ1n) is 6.16. The molecule has 5 nitrogen and oxygen atoms in total. The fraction of sp³-hybridized carbons (Fsp3) is 0.417. The molecule has 2 N–H and O–H groups in total. The van der Waals surface area contributed by atoms with Crippen LogP contribution in [0.3, 0.4) is 0 Å². The van der Waals surface area contributed by atoms with E-state index in [1.807, 2.05) is 13.8 Å². The Labute approximate surface area is 131 Å². The highest BCUT2D eigenvalue weighted by atomic mass is 35.5. The molecule has 1 unspecified atom stereocenters. The first kappa shape index (κ1) is 15.3. The Balaban J connectivity index is 2.14. The van der Waals surface area contributed by atoms with Crippen molar-refractivity contribution < 1.29 is 4.79 Å². The number of halogens is 2. The first-order valence-corrected chi connectivity index (χ1v) is 7.65. The van der Waals surface area contributed by atoms with Gasteiger partial charge in [-0.1, -0.05) is 30.1 Å². The molecule has 0 saturated carbocycles. The van der Waals surface area contributed by atoms with Gasteiger partial charge in [-0.3, -0.25) is 4.79 Å². The number of nitrogens with one attached hydrogen (secondary N) is 2. The van der Waals surface area contributed by atoms with Crippen molar-refractivity contribution in [2.75, 3.05) is 11.9 Å². The van der Waals surface area contributed by atoms with Gasteiger partial charge in [0.1, 0.15) is 11.0 Å². The molecule has 1 amide bonds. The number of carbonyl (C=O) groups excluding carboxylic acids is 1. The Hall–Kier alpha value is -1.11. The number of hydrogen-bond donors (Lipinski definition) is 2. The minimum absolute atomic E-state index is 0.0956. The van der Waals surface area contributed by atoms with Gasteiger partial charge in [-0.2, -0.15) is 8.75 Å².